The highest BCUT2D eigenvalue weighted by Crippen LogP contribution is 2.17. The summed E-state index contributed by atoms with van der Waals surface area (Å²) in [5.41, 5.74) is 0. The Morgan fingerprint density at radius 2 is 0.526 bits per heavy atom. The number of unbranched alkanes of at least 4 members (excludes halogenated alkanes) is 33. The van der Waals surface area contributed by atoms with Crippen LogP contribution in [-0.4, -0.2) is 37.2 Å². The SMILES string of the molecule is CC/C=C\C/C=C\C/C=C\C/C=C\C/C=C\C/C=C\CCCCCCCCCCCCCCCCCCC(=O)OCC(COC(=O)CCCCCCCCCCCCCC)OC(=O)CCCCCCC/C=C\C/C=C\CCC. The average Bonchev–Trinajstić information content (AvgIpc) is 3.44. The fourth-order valence-corrected chi connectivity index (χ4v) is 9.37. The third kappa shape index (κ3) is 63.2. The molecule has 0 aliphatic carbocycles. The maximum Gasteiger partial charge on any atom is 0.306 e. The van der Waals surface area contributed by atoms with Gasteiger partial charge in [-0.3, -0.25) is 14.4 Å². The molecule has 0 saturated heterocycles. The van der Waals surface area contributed by atoms with Gasteiger partial charge in [0.2, 0.25) is 0 Å². The van der Waals surface area contributed by atoms with Crippen molar-refractivity contribution in [2.24, 2.45) is 0 Å². The number of carbonyl (C=O) groups excluding carboxylic acids is 3. The topological polar surface area (TPSA) is 78.9 Å². The standard InChI is InChI=1S/C72H124O6/c1-4-7-10-13-16-19-22-25-26-27-28-29-30-31-32-33-34-35-36-37-38-39-40-41-42-43-44-45-46-48-50-53-56-59-62-65-71(74)77-68-69(67-76-70(73)64-61-58-55-52-49-24-21-18-15-12-9-6-3)78-72(75)66-63-60-57-54-51-47-23-20-17-14-11-8-5-2/h7,10-11,14,16,19-20,23,25-26,28-29,31-32,34-35,69H,4-6,8-9,12-13,15,17-18,21-22,24,27,30,33,36-68H2,1-3H3/b10-7-,14-11-,19-16-,23-20-,26-25-,29-28-,32-31-,35-34-. The van der Waals surface area contributed by atoms with Crippen molar-refractivity contribution in [1.82, 2.24) is 0 Å². The smallest absolute Gasteiger partial charge is 0.306 e. The number of carbonyl (C=O) groups is 3. The molecule has 0 saturated carbocycles. The zero-order valence-electron chi connectivity index (χ0n) is 51.4. The predicted octanol–water partition coefficient (Wildman–Crippen LogP) is 22.8. The van der Waals surface area contributed by atoms with Crippen LogP contribution in [0.2, 0.25) is 0 Å². The zero-order chi connectivity index (χ0) is 56.4. The Morgan fingerprint density at radius 1 is 0.269 bits per heavy atom. The van der Waals surface area contributed by atoms with Crippen LogP contribution in [0.4, 0.5) is 0 Å². The van der Waals surface area contributed by atoms with Crippen molar-refractivity contribution < 1.29 is 28.6 Å². The Balaban J connectivity index is 4.09. The lowest BCUT2D eigenvalue weighted by molar-refractivity contribution is -0.167. The summed E-state index contributed by atoms with van der Waals surface area (Å²) < 4.78 is 16.9. The molecule has 0 fully saturated rings. The van der Waals surface area contributed by atoms with Gasteiger partial charge in [-0.2, -0.15) is 0 Å². The fourth-order valence-electron chi connectivity index (χ4n) is 9.37. The van der Waals surface area contributed by atoms with Crippen molar-refractivity contribution in [3.8, 4) is 0 Å². The van der Waals surface area contributed by atoms with Crippen LogP contribution in [0.15, 0.2) is 97.2 Å². The molecule has 0 heterocycles. The van der Waals surface area contributed by atoms with Crippen molar-refractivity contribution in [3.05, 3.63) is 97.2 Å². The Morgan fingerprint density at radius 3 is 0.833 bits per heavy atom. The molecule has 78 heavy (non-hydrogen) atoms. The summed E-state index contributed by atoms with van der Waals surface area (Å²) in [7, 11) is 0. The molecule has 0 radical (unpaired) electrons. The lowest BCUT2D eigenvalue weighted by atomic mass is 10.0. The summed E-state index contributed by atoms with van der Waals surface area (Å²) in [5, 5.41) is 0. The highest BCUT2D eigenvalue weighted by atomic mass is 16.6. The second-order valence-electron chi connectivity index (χ2n) is 22.0. The average molecular weight is 1090 g/mol. The molecule has 448 valence electrons. The normalized spacial score (nSPS) is 12.7. The summed E-state index contributed by atoms with van der Waals surface area (Å²) in [6, 6.07) is 0. The van der Waals surface area contributed by atoms with E-state index in [-0.39, 0.29) is 31.1 Å². The predicted molar refractivity (Wildman–Crippen MR) is 339 cm³/mol. The Kier molecular flexibility index (Phi) is 62.7. The first kappa shape index (κ1) is 74.3. The minimum atomic E-state index is -0.781. The molecule has 0 aromatic rings. The number of ether oxygens (including phenoxy) is 3. The molecule has 0 spiro atoms. The minimum Gasteiger partial charge on any atom is -0.462 e. The van der Waals surface area contributed by atoms with Crippen LogP contribution in [0.25, 0.3) is 0 Å². The van der Waals surface area contributed by atoms with Gasteiger partial charge in [0.1, 0.15) is 13.2 Å². The molecular weight excluding hydrogens is 961 g/mol. The summed E-state index contributed by atoms with van der Waals surface area (Å²) in [6.45, 7) is 6.47. The van der Waals surface area contributed by atoms with Gasteiger partial charge in [-0.05, 0) is 96.3 Å². The van der Waals surface area contributed by atoms with E-state index in [0.717, 1.165) is 128 Å². The first-order valence-corrected chi connectivity index (χ1v) is 33.2. The second kappa shape index (κ2) is 65.8. The van der Waals surface area contributed by atoms with Crippen LogP contribution in [-0.2, 0) is 28.6 Å². The molecule has 0 N–H and O–H groups in total. The molecule has 0 aliphatic rings. The summed E-state index contributed by atoms with van der Waals surface area (Å²) in [4.78, 5) is 38.2. The molecule has 0 aliphatic heterocycles. The Labute approximate surface area is 483 Å². The molecule has 6 nitrogen and oxygen atoms in total. The van der Waals surface area contributed by atoms with Gasteiger partial charge < -0.3 is 14.2 Å². The quantitative estimate of drug-likeness (QED) is 0.0261. The van der Waals surface area contributed by atoms with Gasteiger partial charge >= 0.3 is 17.9 Å². The van der Waals surface area contributed by atoms with Gasteiger partial charge in [0, 0.05) is 19.3 Å². The Bertz CT molecular complexity index is 1530. The van der Waals surface area contributed by atoms with Gasteiger partial charge in [0.25, 0.3) is 0 Å². The fraction of sp³-hybridized carbons (Fsp3) is 0.736. The van der Waals surface area contributed by atoms with Crippen molar-refractivity contribution in [1.29, 1.82) is 0 Å². The highest BCUT2D eigenvalue weighted by Gasteiger charge is 2.19. The van der Waals surface area contributed by atoms with Crippen molar-refractivity contribution in [2.75, 3.05) is 13.2 Å². The first-order valence-electron chi connectivity index (χ1n) is 33.2. The van der Waals surface area contributed by atoms with Crippen LogP contribution in [0, 0.1) is 0 Å². The van der Waals surface area contributed by atoms with Crippen LogP contribution >= 0.6 is 0 Å². The maximum absolute atomic E-state index is 12.8. The van der Waals surface area contributed by atoms with Gasteiger partial charge in [0.05, 0.1) is 0 Å². The van der Waals surface area contributed by atoms with Crippen LogP contribution in [0.3, 0.4) is 0 Å². The number of hydrogen-bond donors (Lipinski definition) is 0. The summed E-state index contributed by atoms with van der Waals surface area (Å²) in [6.07, 6.45) is 88.7. The van der Waals surface area contributed by atoms with E-state index in [9.17, 15) is 14.4 Å². The van der Waals surface area contributed by atoms with Crippen LogP contribution in [0.5, 0.6) is 0 Å². The van der Waals surface area contributed by atoms with Crippen LogP contribution < -0.4 is 0 Å². The minimum absolute atomic E-state index is 0.0780. The summed E-state index contributed by atoms with van der Waals surface area (Å²) in [5.74, 6) is -0.881. The van der Waals surface area contributed by atoms with E-state index in [2.05, 4.69) is 118 Å². The number of hydrogen-bond acceptors (Lipinski definition) is 6. The molecule has 0 aromatic carbocycles. The van der Waals surface area contributed by atoms with Crippen molar-refractivity contribution >= 4 is 17.9 Å². The lowest BCUT2D eigenvalue weighted by Gasteiger charge is -2.18. The van der Waals surface area contributed by atoms with Crippen LogP contribution in [0.1, 0.15) is 323 Å². The molecule has 0 aromatic heterocycles. The van der Waals surface area contributed by atoms with E-state index in [1.165, 1.54) is 154 Å². The molecule has 0 amide bonds. The van der Waals surface area contributed by atoms with Gasteiger partial charge in [-0.1, -0.05) is 304 Å². The first-order chi connectivity index (χ1) is 38.5. The third-order valence-electron chi connectivity index (χ3n) is 14.3. The van der Waals surface area contributed by atoms with Crippen molar-refractivity contribution in [3.63, 3.8) is 0 Å². The number of rotatable bonds is 60. The number of allylic oxidation sites excluding steroid dienone is 16. The van der Waals surface area contributed by atoms with E-state index in [1.54, 1.807) is 0 Å². The summed E-state index contributed by atoms with van der Waals surface area (Å²) >= 11 is 0. The van der Waals surface area contributed by atoms with E-state index in [4.69, 9.17) is 14.2 Å². The molecule has 0 rings (SSSR count). The molecular formula is C72H124O6. The third-order valence-corrected chi connectivity index (χ3v) is 14.3. The monoisotopic (exact) mass is 1080 g/mol. The Hall–Kier alpha value is -3.67. The van der Waals surface area contributed by atoms with Crippen molar-refractivity contribution in [2.45, 2.75) is 329 Å². The van der Waals surface area contributed by atoms with Gasteiger partial charge in [0.15, 0.2) is 6.10 Å². The van der Waals surface area contributed by atoms with E-state index in [1.807, 2.05) is 0 Å². The van der Waals surface area contributed by atoms with Gasteiger partial charge in [-0.25, -0.2) is 0 Å². The molecule has 0 bridgehead atoms. The maximum atomic E-state index is 12.8. The van der Waals surface area contributed by atoms with E-state index >= 15 is 0 Å². The molecule has 6 heteroatoms. The highest BCUT2D eigenvalue weighted by molar-refractivity contribution is 5.71. The lowest BCUT2D eigenvalue weighted by Crippen LogP contribution is -2.30. The number of esters is 3. The molecule has 1 atom stereocenters. The van der Waals surface area contributed by atoms with E-state index in [0.29, 0.717) is 19.3 Å². The molecule has 1 unspecified atom stereocenters. The zero-order valence-corrected chi connectivity index (χ0v) is 51.4. The largest absolute Gasteiger partial charge is 0.462 e. The van der Waals surface area contributed by atoms with Gasteiger partial charge in [-0.15, -0.1) is 0 Å². The van der Waals surface area contributed by atoms with E-state index < -0.39 is 6.10 Å². The second-order valence-corrected chi connectivity index (χ2v) is 22.0.